The number of aromatic nitrogens is 2. The summed E-state index contributed by atoms with van der Waals surface area (Å²) in [5, 5.41) is 0. The molecule has 1 unspecified atom stereocenters. The van der Waals surface area contributed by atoms with Gasteiger partial charge in [-0.2, -0.15) is 0 Å². The van der Waals surface area contributed by atoms with Gasteiger partial charge in [0.2, 0.25) is 0 Å². The Labute approximate surface area is 95.9 Å². The maximum atomic E-state index is 4.57. The van der Waals surface area contributed by atoms with E-state index in [4.69, 9.17) is 0 Å². The number of imidazole rings is 1. The average Bonchev–Trinajstić information content (AvgIpc) is 2.73. The van der Waals surface area contributed by atoms with Gasteiger partial charge in [-0.25, -0.2) is 4.98 Å². The molecule has 82 valence electrons. The van der Waals surface area contributed by atoms with E-state index in [1.165, 1.54) is 24.1 Å². The van der Waals surface area contributed by atoms with Crippen LogP contribution in [0.5, 0.6) is 0 Å². The van der Waals surface area contributed by atoms with Crippen LogP contribution in [-0.2, 0) is 13.0 Å². The molecule has 0 saturated heterocycles. The molecule has 0 fully saturated rings. The first-order valence-corrected chi connectivity index (χ1v) is 5.94. The van der Waals surface area contributed by atoms with E-state index in [0.717, 1.165) is 18.3 Å². The Morgan fingerprint density at radius 3 is 2.88 bits per heavy atom. The number of hydrogen-bond donors (Lipinski definition) is 0. The molecule has 2 heteroatoms. The molecule has 16 heavy (non-hydrogen) atoms. The number of nitrogens with zero attached hydrogens (tertiary/aromatic N) is 2. The van der Waals surface area contributed by atoms with Gasteiger partial charge < -0.3 is 4.57 Å². The van der Waals surface area contributed by atoms with Crippen LogP contribution in [0.15, 0.2) is 36.5 Å². The van der Waals surface area contributed by atoms with Gasteiger partial charge in [-0.05, 0) is 18.8 Å². The zero-order valence-electron chi connectivity index (χ0n) is 9.56. The summed E-state index contributed by atoms with van der Waals surface area (Å²) in [6.07, 6.45) is 4.47. The van der Waals surface area contributed by atoms with Gasteiger partial charge in [0.05, 0.1) is 0 Å². The third kappa shape index (κ3) is 1.54. The van der Waals surface area contributed by atoms with Crippen LogP contribution >= 0.6 is 0 Å². The minimum Gasteiger partial charge on any atom is -0.328 e. The highest BCUT2D eigenvalue weighted by Gasteiger charge is 2.18. The van der Waals surface area contributed by atoms with Gasteiger partial charge in [0, 0.05) is 24.0 Å². The quantitative estimate of drug-likeness (QED) is 0.710. The van der Waals surface area contributed by atoms with Crippen molar-refractivity contribution in [1.29, 1.82) is 0 Å². The van der Waals surface area contributed by atoms with Gasteiger partial charge in [0.1, 0.15) is 5.82 Å². The van der Waals surface area contributed by atoms with Crippen molar-refractivity contribution >= 4 is 0 Å². The van der Waals surface area contributed by atoms with Gasteiger partial charge in [-0.3, -0.25) is 0 Å². The van der Waals surface area contributed by atoms with Gasteiger partial charge in [0.15, 0.2) is 0 Å². The molecule has 1 atom stereocenters. The summed E-state index contributed by atoms with van der Waals surface area (Å²) in [6, 6.07) is 10.5. The third-order valence-electron chi connectivity index (χ3n) is 3.37. The van der Waals surface area contributed by atoms with E-state index in [2.05, 4.69) is 40.7 Å². The molecule has 0 aliphatic carbocycles. The predicted molar refractivity (Wildman–Crippen MR) is 65.1 cm³/mol. The molecule has 2 aromatic rings. The van der Waals surface area contributed by atoms with Crippen LogP contribution in [0.1, 0.15) is 19.0 Å². The zero-order chi connectivity index (χ0) is 11.0. The van der Waals surface area contributed by atoms with E-state index in [0.29, 0.717) is 0 Å². The van der Waals surface area contributed by atoms with E-state index >= 15 is 0 Å². The van der Waals surface area contributed by atoms with Crippen molar-refractivity contribution in [3.63, 3.8) is 0 Å². The molecule has 0 radical (unpaired) electrons. The molecular formula is C14H16N2. The molecule has 0 spiro atoms. The standard InChI is InChI=1S/C14H16N2/c1-11-7-8-16-13(9-11)10-15-14(16)12-5-3-2-4-6-12/h2-6,10-11H,7-9H2,1H3. The van der Waals surface area contributed by atoms with Crippen molar-refractivity contribution in [2.75, 3.05) is 0 Å². The van der Waals surface area contributed by atoms with Crippen LogP contribution in [0, 0.1) is 5.92 Å². The smallest absolute Gasteiger partial charge is 0.140 e. The van der Waals surface area contributed by atoms with Crippen LogP contribution in [-0.4, -0.2) is 9.55 Å². The normalized spacial score (nSPS) is 19.4. The van der Waals surface area contributed by atoms with Crippen molar-refractivity contribution in [3.8, 4) is 11.4 Å². The first kappa shape index (κ1) is 9.64. The maximum Gasteiger partial charge on any atom is 0.140 e. The summed E-state index contributed by atoms with van der Waals surface area (Å²) in [6.45, 7) is 3.43. The van der Waals surface area contributed by atoms with Gasteiger partial charge in [0.25, 0.3) is 0 Å². The Balaban J connectivity index is 2.04. The predicted octanol–water partition coefficient (Wildman–Crippen LogP) is 3.13. The fraction of sp³-hybridized carbons (Fsp3) is 0.357. The Bertz CT molecular complexity index is 485. The largest absolute Gasteiger partial charge is 0.328 e. The molecule has 2 nitrogen and oxygen atoms in total. The number of fused-ring (bicyclic) bond motifs is 1. The van der Waals surface area contributed by atoms with Crippen LogP contribution in [0.2, 0.25) is 0 Å². The van der Waals surface area contributed by atoms with Crippen LogP contribution in [0.25, 0.3) is 11.4 Å². The second-order valence-electron chi connectivity index (χ2n) is 4.69. The zero-order valence-corrected chi connectivity index (χ0v) is 9.56. The van der Waals surface area contributed by atoms with Crippen molar-refractivity contribution in [2.24, 2.45) is 5.92 Å². The summed E-state index contributed by atoms with van der Waals surface area (Å²) < 4.78 is 2.37. The SMILES string of the molecule is CC1CCn2c(cnc2-c2ccccc2)C1. The van der Waals surface area contributed by atoms with Crippen LogP contribution in [0.3, 0.4) is 0 Å². The summed E-state index contributed by atoms with van der Waals surface area (Å²) >= 11 is 0. The second-order valence-corrected chi connectivity index (χ2v) is 4.69. The highest BCUT2D eigenvalue weighted by molar-refractivity contribution is 5.56. The average molecular weight is 212 g/mol. The first-order chi connectivity index (χ1) is 7.84. The molecule has 2 heterocycles. The molecule has 0 N–H and O–H groups in total. The topological polar surface area (TPSA) is 17.8 Å². The molecule has 3 rings (SSSR count). The molecule has 0 bridgehead atoms. The highest BCUT2D eigenvalue weighted by atomic mass is 15.1. The maximum absolute atomic E-state index is 4.57. The Morgan fingerprint density at radius 1 is 1.25 bits per heavy atom. The van der Waals surface area contributed by atoms with Crippen molar-refractivity contribution in [1.82, 2.24) is 9.55 Å². The van der Waals surface area contributed by atoms with E-state index in [-0.39, 0.29) is 0 Å². The van der Waals surface area contributed by atoms with Crippen LogP contribution < -0.4 is 0 Å². The number of benzene rings is 1. The summed E-state index contributed by atoms with van der Waals surface area (Å²) in [5.41, 5.74) is 2.61. The van der Waals surface area contributed by atoms with Gasteiger partial charge in [-0.1, -0.05) is 37.3 Å². The first-order valence-electron chi connectivity index (χ1n) is 5.94. The summed E-state index contributed by atoms with van der Waals surface area (Å²) in [7, 11) is 0. The molecule has 1 aromatic carbocycles. The molecule has 1 aliphatic heterocycles. The van der Waals surface area contributed by atoms with Gasteiger partial charge in [-0.15, -0.1) is 0 Å². The minimum atomic E-state index is 0.799. The van der Waals surface area contributed by atoms with Crippen molar-refractivity contribution < 1.29 is 0 Å². The van der Waals surface area contributed by atoms with Crippen molar-refractivity contribution in [3.05, 3.63) is 42.2 Å². The molecule has 0 amide bonds. The van der Waals surface area contributed by atoms with Gasteiger partial charge >= 0.3 is 0 Å². The Morgan fingerprint density at radius 2 is 2.06 bits per heavy atom. The number of hydrogen-bond acceptors (Lipinski definition) is 1. The molecule has 1 aliphatic rings. The summed E-state index contributed by atoms with van der Waals surface area (Å²) in [4.78, 5) is 4.57. The Kier molecular flexibility index (Phi) is 2.28. The fourth-order valence-electron chi connectivity index (χ4n) is 2.45. The van der Waals surface area contributed by atoms with E-state index in [1.807, 2.05) is 12.3 Å². The van der Waals surface area contributed by atoms with Crippen molar-refractivity contribution in [2.45, 2.75) is 26.3 Å². The lowest BCUT2D eigenvalue weighted by Crippen LogP contribution is -2.17. The Hall–Kier alpha value is -1.57. The summed E-state index contributed by atoms with van der Waals surface area (Å²) in [5.74, 6) is 1.93. The van der Waals surface area contributed by atoms with E-state index in [1.54, 1.807) is 0 Å². The number of rotatable bonds is 1. The van der Waals surface area contributed by atoms with E-state index in [9.17, 15) is 0 Å². The highest BCUT2D eigenvalue weighted by Crippen LogP contribution is 2.26. The molecule has 1 aromatic heterocycles. The molecular weight excluding hydrogens is 196 g/mol. The lowest BCUT2D eigenvalue weighted by molar-refractivity contribution is 0.419. The lowest BCUT2D eigenvalue weighted by Gasteiger charge is -2.21. The van der Waals surface area contributed by atoms with Crippen LogP contribution in [0.4, 0.5) is 0 Å². The third-order valence-corrected chi connectivity index (χ3v) is 3.37. The second kappa shape index (κ2) is 3.78. The van der Waals surface area contributed by atoms with E-state index < -0.39 is 0 Å². The lowest BCUT2D eigenvalue weighted by atomic mass is 9.98. The fourth-order valence-corrected chi connectivity index (χ4v) is 2.45. The monoisotopic (exact) mass is 212 g/mol. The molecule has 0 saturated carbocycles. The minimum absolute atomic E-state index is 0.799.